The summed E-state index contributed by atoms with van der Waals surface area (Å²) in [6.45, 7) is 0.124. The minimum atomic E-state index is -3.83. The Balaban J connectivity index is 1.65. The Morgan fingerprint density at radius 2 is 2.04 bits per heavy atom. The Hall–Kier alpha value is -2.20. The summed E-state index contributed by atoms with van der Waals surface area (Å²) in [6, 6.07) is 3.42. The number of sulfonamides is 1. The molecule has 2 fully saturated rings. The van der Waals surface area contributed by atoms with Crippen LogP contribution in [0.2, 0.25) is 0 Å². The third-order valence-corrected chi connectivity index (χ3v) is 5.79. The highest BCUT2D eigenvalue weighted by molar-refractivity contribution is 7.89. The molecule has 0 unspecified atom stereocenters. The molecule has 0 aromatic heterocycles. The first-order chi connectivity index (χ1) is 11.3. The summed E-state index contributed by atoms with van der Waals surface area (Å²) in [7, 11) is -2.54. The van der Waals surface area contributed by atoms with Crippen LogP contribution in [0.5, 0.6) is 5.75 Å². The first kappa shape index (κ1) is 16.7. The van der Waals surface area contributed by atoms with E-state index >= 15 is 0 Å². The Morgan fingerprint density at radius 3 is 2.58 bits per heavy atom. The van der Waals surface area contributed by atoms with E-state index in [1.54, 1.807) is 0 Å². The highest BCUT2D eigenvalue weighted by Crippen LogP contribution is 2.28. The second kappa shape index (κ2) is 6.02. The van der Waals surface area contributed by atoms with Crippen LogP contribution in [-0.2, 0) is 19.6 Å². The monoisotopic (exact) mass is 358 g/mol. The third-order valence-electron chi connectivity index (χ3n) is 3.97. The molecule has 2 saturated heterocycles. The minimum absolute atomic E-state index is 0.0403. The zero-order valence-electron chi connectivity index (χ0n) is 12.8. The largest absolute Gasteiger partial charge is 0.494 e. The van der Waals surface area contributed by atoms with Crippen molar-refractivity contribution in [2.45, 2.75) is 4.90 Å². The fraction of sp³-hybridized carbons (Fsp3) is 0.429. The van der Waals surface area contributed by atoms with Gasteiger partial charge in [-0.2, -0.15) is 4.31 Å². The fourth-order valence-electron chi connectivity index (χ4n) is 2.61. The van der Waals surface area contributed by atoms with Gasteiger partial charge in [0.1, 0.15) is 0 Å². The first-order valence-corrected chi connectivity index (χ1v) is 8.57. The van der Waals surface area contributed by atoms with Crippen LogP contribution in [0.25, 0.3) is 0 Å². The molecule has 0 aliphatic carbocycles. The van der Waals surface area contributed by atoms with E-state index < -0.39 is 27.8 Å². The van der Waals surface area contributed by atoms with Gasteiger partial charge in [0.05, 0.1) is 12.0 Å². The molecule has 10 heteroatoms. The van der Waals surface area contributed by atoms with Crippen LogP contribution in [0, 0.1) is 11.7 Å². The number of carbonyl (C=O) groups excluding carboxylic acids is 2. The zero-order valence-corrected chi connectivity index (χ0v) is 13.6. The van der Waals surface area contributed by atoms with Crippen molar-refractivity contribution in [3.8, 4) is 5.75 Å². The van der Waals surface area contributed by atoms with E-state index in [0.29, 0.717) is 0 Å². The maximum Gasteiger partial charge on any atom is 0.417 e. The molecule has 8 nitrogen and oxygen atoms in total. The summed E-state index contributed by atoms with van der Waals surface area (Å²) in [6.07, 6.45) is -0.710. The van der Waals surface area contributed by atoms with E-state index in [2.05, 4.69) is 4.74 Å². The van der Waals surface area contributed by atoms with Gasteiger partial charge in [-0.05, 0) is 18.2 Å². The summed E-state index contributed by atoms with van der Waals surface area (Å²) in [5.41, 5.74) is 0. The second-order valence-corrected chi connectivity index (χ2v) is 7.48. The normalized spacial score (nSPS) is 19.3. The summed E-state index contributed by atoms with van der Waals surface area (Å²) in [5, 5.41) is 0. The highest BCUT2D eigenvalue weighted by Gasteiger charge is 2.41. The van der Waals surface area contributed by atoms with Gasteiger partial charge in [-0.1, -0.05) is 0 Å². The highest BCUT2D eigenvalue weighted by atomic mass is 32.2. The quantitative estimate of drug-likeness (QED) is 0.758. The maximum absolute atomic E-state index is 13.7. The number of nitrogens with zero attached hydrogens (tertiary/aromatic N) is 2. The molecule has 1 aromatic rings. The number of methoxy groups -OCH3 is 1. The van der Waals surface area contributed by atoms with Crippen molar-refractivity contribution in [2.75, 3.05) is 33.4 Å². The zero-order chi connectivity index (χ0) is 17.5. The molecule has 0 atom stereocenters. The summed E-state index contributed by atoms with van der Waals surface area (Å²) < 4.78 is 49.1. The van der Waals surface area contributed by atoms with E-state index in [1.165, 1.54) is 23.5 Å². The lowest BCUT2D eigenvalue weighted by molar-refractivity contribution is -0.126. The van der Waals surface area contributed by atoms with Crippen molar-refractivity contribution in [3.05, 3.63) is 24.0 Å². The van der Waals surface area contributed by atoms with Gasteiger partial charge in [0.2, 0.25) is 10.0 Å². The smallest absolute Gasteiger partial charge is 0.417 e. The number of hydrogen-bond donors (Lipinski definition) is 0. The Bertz CT molecular complexity index is 774. The molecule has 2 heterocycles. The Morgan fingerprint density at radius 1 is 1.33 bits per heavy atom. The summed E-state index contributed by atoms with van der Waals surface area (Å²) in [4.78, 5) is 23.6. The van der Waals surface area contributed by atoms with Gasteiger partial charge >= 0.3 is 6.09 Å². The number of carbonyl (C=O) groups is 2. The average molecular weight is 358 g/mol. The van der Waals surface area contributed by atoms with Crippen molar-refractivity contribution >= 4 is 22.0 Å². The van der Waals surface area contributed by atoms with E-state index in [-0.39, 0.29) is 42.8 Å². The van der Waals surface area contributed by atoms with E-state index in [4.69, 9.17) is 4.74 Å². The summed E-state index contributed by atoms with van der Waals surface area (Å²) >= 11 is 0. The van der Waals surface area contributed by atoms with Gasteiger partial charge in [0.15, 0.2) is 18.2 Å². The molecule has 0 N–H and O–H groups in total. The standard InChI is InChI=1S/C14H15FN2O6S/c1-22-12-3-2-10(4-11(12)15)24(20,21)16-5-9(6-16)7-17-13(18)8-23-14(17)19/h2-4,9H,5-8H2,1H3. The molecule has 2 amide bonds. The summed E-state index contributed by atoms with van der Waals surface area (Å²) in [5.74, 6) is -1.40. The van der Waals surface area contributed by atoms with Crippen LogP contribution in [0.4, 0.5) is 9.18 Å². The molecule has 3 rings (SSSR count). The van der Waals surface area contributed by atoms with Crippen molar-refractivity contribution in [2.24, 2.45) is 5.92 Å². The van der Waals surface area contributed by atoms with Gasteiger partial charge < -0.3 is 9.47 Å². The van der Waals surface area contributed by atoms with Crippen molar-refractivity contribution in [3.63, 3.8) is 0 Å². The van der Waals surface area contributed by atoms with Crippen LogP contribution in [0.1, 0.15) is 0 Å². The Kier molecular flexibility index (Phi) is 4.18. The molecule has 0 radical (unpaired) electrons. The number of imide groups is 1. The van der Waals surface area contributed by atoms with Crippen LogP contribution >= 0.6 is 0 Å². The number of rotatable bonds is 5. The van der Waals surface area contributed by atoms with Gasteiger partial charge in [0, 0.05) is 25.6 Å². The molecule has 2 aliphatic heterocycles. The molecule has 1 aromatic carbocycles. The topological polar surface area (TPSA) is 93.2 Å². The van der Waals surface area contributed by atoms with E-state index in [1.807, 2.05) is 0 Å². The van der Waals surface area contributed by atoms with E-state index in [0.717, 1.165) is 11.0 Å². The van der Waals surface area contributed by atoms with Crippen LogP contribution < -0.4 is 4.74 Å². The molecule has 2 aliphatic rings. The third kappa shape index (κ3) is 2.82. The lowest BCUT2D eigenvalue weighted by atomic mass is 10.0. The lowest BCUT2D eigenvalue weighted by Crippen LogP contribution is -2.54. The number of amides is 2. The number of benzene rings is 1. The molecule has 0 bridgehead atoms. The van der Waals surface area contributed by atoms with E-state index in [9.17, 15) is 22.4 Å². The molecule has 24 heavy (non-hydrogen) atoms. The number of halogens is 1. The van der Waals surface area contributed by atoms with Crippen LogP contribution in [0.3, 0.4) is 0 Å². The Labute approximate surface area is 137 Å². The van der Waals surface area contributed by atoms with Gasteiger partial charge in [0.25, 0.3) is 5.91 Å². The van der Waals surface area contributed by atoms with Crippen LogP contribution in [0.15, 0.2) is 23.1 Å². The molecule has 0 spiro atoms. The van der Waals surface area contributed by atoms with Gasteiger partial charge in [-0.15, -0.1) is 0 Å². The second-order valence-electron chi connectivity index (χ2n) is 5.54. The van der Waals surface area contributed by atoms with Crippen molar-refractivity contribution in [1.82, 2.24) is 9.21 Å². The van der Waals surface area contributed by atoms with Gasteiger partial charge in [-0.25, -0.2) is 22.5 Å². The number of cyclic esters (lactones) is 1. The van der Waals surface area contributed by atoms with Gasteiger partial charge in [-0.3, -0.25) is 4.79 Å². The maximum atomic E-state index is 13.7. The predicted octanol–water partition coefficient (Wildman–Crippen LogP) is 0.434. The number of hydrogen-bond acceptors (Lipinski definition) is 6. The minimum Gasteiger partial charge on any atom is -0.494 e. The van der Waals surface area contributed by atoms with Crippen molar-refractivity contribution in [1.29, 1.82) is 0 Å². The average Bonchev–Trinajstić information content (AvgIpc) is 2.81. The fourth-order valence-corrected chi connectivity index (χ4v) is 4.21. The molecule has 130 valence electrons. The van der Waals surface area contributed by atoms with Crippen LogP contribution in [-0.4, -0.2) is 63.0 Å². The molecular weight excluding hydrogens is 343 g/mol. The molecule has 0 saturated carbocycles. The number of ether oxygens (including phenoxy) is 2. The SMILES string of the molecule is COc1ccc(S(=O)(=O)N2CC(CN3C(=O)COC3=O)C2)cc1F. The predicted molar refractivity (Wildman–Crippen MR) is 78.3 cm³/mol. The first-order valence-electron chi connectivity index (χ1n) is 7.13. The lowest BCUT2D eigenvalue weighted by Gasteiger charge is -2.39. The van der Waals surface area contributed by atoms with Crippen molar-refractivity contribution < 1.29 is 31.9 Å². The molecular formula is C14H15FN2O6S.